The highest BCUT2D eigenvalue weighted by molar-refractivity contribution is 8.03. The summed E-state index contributed by atoms with van der Waals surface area (Å²) in [6, 6.07) is 14.0. The van der Waals surface area contributed by atoms with E-state index in [2.05, 4.69) is 19.6 Å². The van der Waals surface area contributed by atoms with Crippen LogP contribution in [0.3, 0.4) is 0 Å². The summed E-state index contributed by atoms with van der Waals surface area (Å²) < 4.78 is 25.7. The van der Waals surface area contributed by atoms with E-state index in [0.29, 0.717) is 11.3 Å². The number of sulfone groups is 1. The summed E-state index contributed by atoms with van der Waals surface area (Å²) in [5.41, 5.74) is 0.828. The Hall–Kier alpha value is -1.39. The van der Waals surface area contributed by atoms with Crippen molar-refractivity contribution in [3.63, 3.8) is 0 Å². The molecule has 3 rings (SSSR count). The minimum Gasteiger partial charge on any atom is -0.224 e. The van der Waals surface area contributed by atoms with Gasteiger partial charge in [-0.15, -0.1) is 0 Å². The van der Waals surface area contributed by atoms with Crippen LogP contribution < -0.4 is 0 Å². The van der Waals surface area contributed by atoms with Gasteiger partial charge in [0.2, 0.25) is 0 Å². The lowest BCUT2D eigenvalue weighted by Crippen LogP contribution is -2.41. The maximum absolute atomic E-state index is 12.8. The van der Waals surface area contributed by atoms with E-state index in [9.17, 15) is 8.42 Å². The molecule has 0 amide bonds. The summed E-state index contributed by atoms with van der Waals surface area (Å²) in [6.07, 6.45) is 2.59. The van der Waals surface area contributed by atoms with E-state index in [1.165, 1.54) is 0 Å². The molecular weight excluding hydrogens is 296 g/mol. The molecule has 2 nitrogen and oxygen atoms in total. The first kappa shape index (κ1) is 14.5. The molecule has 2 aromatic rings. The molecule has 0 fully saturated rings. The van der Waals surface area contributed by atoms with Crippen LogP contribution in [0.2, 0.25) is 19.6 Å². The fourth-order valence-electron chi connectivity index (χ4n) is 3.05. The first-order valence-corrected chi connectivity index (χ1v) is 12.4. The lowest BCUT2D eigenvalue weighted by atomic mass is 10.1. The predicted molar refractivity (Wildman–Crippen MR) is 92.6 cm³/mol. The zero-order valence-corrected chi connectivity index (χ0v) is 14.4. The van der Waals surface area contributed by atoms with Crippen molar-refractivity contribution >= 4 is 33.6 Å². The standard InChI is InChI=1S/C17H20O2SSi/c1-21(2,3)17-11-10-16(20(17,18)19)15-9-8-13-6-4-5-7-14(13)12-15/h4-10,12,17H,11H2,1-3H3. The van der Waals surface area contributed by atoms with Gasteiger partial charge in [0.05, 0.1) is 17.9 Å². The molecule has 0 saturated heterocycles. The van der Waals surface area contributed by atoms with Crippen LogP contribution in [0.25, 0.3) is 15.7 Å². The van der Waals surface area contributed by atoms with E-state index < -0.39 is 17.9 Å². The van der Waals surface area contributed by atoms with Gasteiger partial charge in [0, 0.05) is 0 Å². The normalized spacial score (nSPS) is 21.5. The van der Waals surface area contributed by atoms with Crippen molar-refractivity contribution in [2.24, 2.45) is 0 Å². The maximum Gasteiger partial charge on any atom is 0.179 e. The summed E-state index contributed by atoms with van der Waals surface area (Å²) in [4.78, 5) is 0.340. The third-order valence-electron chi connectivity index (χ3n) is 4.20. The fraction of sp³-hybridized carbons (Fsp3) is 0.294. The van der Waals surface area contributed by atoms with Gasteiger partial charge in [0.25, 0.3) is 0 Å². The van der Waals surface area contributed by atoms with Crippen molar-refractivity contribution < 1.29 is 8.42 Å². The quantitative estimate of drug-likeness (QED) is 0.776. The lowest BCUT2D eigenvalue weighted by molar-refractivity contribution is 0.603. The van der Waals surface area contributed by atoms with Gasteiger partial charge in [-0.1, -0.05) is 62.1 Å². The van der Waals surface area contributed by atoms with Crippen LogP contribution in [0.5, 0.6) is 0 Å². The Balaban J connectivity index is 2.08. The van der Waals surface area contributed by atoms with Crippen molar-refractivity contribution in [1.82, 2.24) is 0 Å². The van der Waals surface area contributed by atoms with E-state index in [1.54, 1.807) is 0 Å². The van der Waals surface area contributed by atoms with Gasteiger partial charge in [-0.2, -0.15) is 0 Å². The molecule has 21 heavy (non-hydrogen) atoms. The van der Waals surface area contributed by atoms with Gasteiger partial charge in [-0.25, -0.2) is 8.42 Å². The topological polar surface area (TPSA) is 34.1 Å². The van der Waals surface area contributed by atoms with Gasteiger partial charge in [-0.05, 0) is 28.8 Å². The average Bonchev–Trinajstić information content (AvgIpc) is 2.73. The highest BCUT2D eigenvalue weighted by Crippen LogP contribution is 2.38. The van der Waals surface area contributed by atoms with Crippen LogP contribution in [0, 0.1) is 0 Å². The lowest BCUT2D eigenvalue weighted by Gasteiger charge is -2.24. The molecule has 110 valence electrons. The Morgan fingerprint density at radius 2 is 1.67 bits per heavy atom. The maximum atomic E-state index is 12.8. The van der Waals surface area contributed by atoms with E-state index in [1.807, 2.05) is 48.5 Å². The first-order valence-electron chi connectivity index (χ1n) is 7.23. The molecule has 0 N–H and O–H groups in total. The fourth-order valence-corrected chi connectivity index (χ4v) is 9.42. The number of hydrogen-bond acceptors (Lipinski definition) is 2. The molecule has 1 aliphatic heterocycles. The summed E-state index contributed by atoms with van der Waals surface area (Å²) in [6.45, 7) is 6.39. The highest BCUT2D eigenvalue weighted by atomic mass is 32.2. The van der Waals surface area contributed by atoms with E-state index >= 15 is 0 Å². The third-order valence-corrected chi connectivity index (χ3v) is 11.4. The van der Waals surface area contributed by atoms with Gasteiger partial charge in [0.1, 0.15) is 0 Å². The van der Waals surface area contributed by atoms with Gasteiger partial charge in [0.15, 0.2) is 9.84 Å². The monoisotopic (exact) mass is 316 g/mol. The molecule has 1 heterocycles. The van der Waals surface area contributed by atoms with Crippen LogP contribution in [0.1, 0.15) is 12.0 Å². The van der Waals surface area contributed by atoms with E-state index in [0.717, 1.165) is 16.3 Å². The van der Waals surface area contributed by atoms with Gasteiger partial charge < -0.3 is 0 Å². The zero-order chi connectivity index (χ0) is 15.3. The molecule has 0 aliphatic carbocycles. The Kier molecular flexibility index (Phi) is 3.33. The molecule has 0 saturated carbocycles. The average molecular weight is 316 g/mol. The number of hydrogen-bond donors (Lipinski definition) is 0. The van der Waals surface area contributed by atoms with Crippen LogP contribution in [0.4, 0.5) is 0 Å². The Labute approximate surface area is 127 Å². The Morgan fingerprint density at radius 1 is 1.00 bits per heavy atom. The second-order valence-corrected chi connectivity index (χ2v) is 14.7. The van der Waals surface area contributed by atoms with Gasteiger partial charge in [-0.3, -0.25) is 0 Å². The molecule has 2 aromatic carbocycles. The zero-order valence-electron chi connectivity index (χ0n) is 12.6. The number of rotatable bonds is 2. The molecule has 1 aliphatic rings. The molecule has 0 aromatic heterocycles. The number of fused-ring (bicyclic) bond motifs is 1. The molecule has 0 bridgehead atoms. The SMILES string of the molecule is C[Si](C)(C)C1CC=C(c2ccc3ccccc3c2)S1(=O)=O. The Morgan fingerprint density at radius 3 is 2.29 bits per heavy atom. The van der Waals surface area contributed by atoms with Crippen LogP contribution in [-0.2, 0) is 9.84 Å². The summed E-state index contributed by atoms with van der Waals surface area (Å²) in [5, 5.41) is 2.22. The molecule has 1 unspecified atom stereocenters. The van der Waals surface area contributed by atoms with Crippen LogP contribution in [0.15, 0.2) is 48.5 Å². The number of allylic oxidation sites excluding steroid dienone is 1. The molecule has 1 atom stereocenters. The van der Waals surface area contributed by atoms with E-state index in [-0.39, 0.29) is 4.87 Å². The van der Waals surface area contributed by atoms with Crippen molar-refractivity contribution in [2.75, 3.05) is 0 Å². The second-order valence-electron chi connectivity index (χ2n) is 6.77. The van der Waals surface area contributed by atoms with Crippen LogP contribution >= 0.6 is 0 Å². The van der Waals surface area contributed by atoms with Crippen molar-refractivity contribution in [2.45, 2.75) is 30.9 Å². The Bertz CT molecular complexity index is 829. The number of benzene rings is 2. The molecule has 4 heteroatoms. The predicted octanol–water partition coefficient (Wildman–Crippen LogP) is 4.25. The molecular formula is C17H20O2SSi. The minimum atomic E-state index is -3.18. The summed E-state index contributed by atoms with van der Waals surface area (Å²) >= 11 is 0. The van der Waals surface area contributed by atoms with Crippen molar-refractivity contribution in [3.8, 4) is 0 Å². The minimum absolute atomic E-state index is 0.188. The van der Waals surface area contributed by atoms with Crippen molar-refractivity contribution in [1.29, 1.82) is 0 Å². The summed E-state index contributed by atoms with van der Waals surface area (Å²) in [5.74, 6) is 0. The molecule has 0 radical (unpaired) electrons. The smallest absolute Gasteiger partial charge is 0.179 e. The second kappa shape index (κ2) is 4.82. The largest absolute Gasteiger partial charge is 0.224 e. The van der Waals surface area contributed by atoms with Crippen LogP contribution in [-0.4, -0.2) is 21.4 Å². The molecule has 0 spiro atoms. The highest BCUT2D eigenvalue weighted by Gasteiger charge is 2.43. The van der Waals surface area contributed by atoms with Gasteiger partial charge >= 0.3 is 0 Å². The first-order chi connectivity index (χ1) is 9.80. The third kappa shape index (κ3) is 2.47. The van der Waals surface area contributed by atoms with Crippen molar-refractivity contribution in [3.05, 3.63) is 54.1 Å². The van der Waals surface area contributed by atoms with E-state index in [4.69, 9.17) is 0 Å². The summed E-state index contributed by atoms with van der Waals surface area (Å²) in [7, 11) is -4.91.